The first-order chi connectivity index (χ1) is 15.8. The van der Waals surface area contributed by atoms with Crippen molar-refractivity contribution in [3.8, 4) is 0 Å². The highest BCUT2D eigenvalue weighted by Crippen LogP contribution is 2.36. The van der Waals surface area contributed by atoms with Crippen LogP contribution in [0.4, 0.5) is 34.8 Å². The van der Waals surface area contributed by atoms with Gasteiger partial charge in [-0.25, -0.2) is 9.37 Å². The maximum absolute atomic E-state index is 14.6. The standard InChI is InChI=1S/C22H22F4N4O4/c1-12-9-13(22(24,25)26)10-17(27-12)30-16(7-8-18(30)31)21(34)29(3)15-6-4-5-14(23)20(15)28(2)11-19(32)33/h4-6,9-10,16H,7-8,11H2,1-3H3,(H,32,33)/t16-/m0/s1. The number of halogens is 4. The van der Waals surface area contributed by atoms with Crippen LogP contribution in [0.15, 0.2) is 30.3 Å². The number of amides is 2. The Morgan fingerprint density at radius 2 is 1.91 bits per heavy atom. The van der Waals surface area contributed by atoms with Crippen LogP contribution in [0.25, 0.3) is 0 Å². The van der Waals surface area contributed by atoms with Gasteiger partial charge in [0.1, 0.15) is 24.2 Å². The molecular formula is C22H22F4N4O4. The Morgan fingerprint density at radius 3 is 2.53 bits per heavy atom. The lowest BCUT2D eigenvalue weighted by Crippen LogP contribution is -2.46. The van der Waals surface area contributed by atoms with Crippen molar-refractivity contribution < 1.29 is 37.1 Å². The minimum atomic E-state index is -4.67. The molecule has 1 saturated heterocycles. The van der Waals surface area contributed by atoms with E-state index in [-0.39, 0.29) is 35.7 Å². The molecule has 0 bridgehead atoms. The van der Waals surface area contributed by atoms with Crippen molar-refractivity contribution in [3.63, 3.8) is 0 Å². The number of carbonyl (C=O) groups is 3. The molecule has 1 atom stereocenters. The molecule has 8 nitrogen and oxygen atoms in total. The topological polar surface area (TPSA) is 94.1 Å². The molecule has 2 heterocycles. The number of carbonyl (C=O) groups excluding carboxylic acids is 2. The number of hydrogen-bond acceptors (Lipinski definition) is 5. The van der Waals surface area contributed by atoms with Gasteiger partial charge in [-0.15, -0.1) is 0 Å². The fraction of sp³-hybridized carbons (Fsp3) is 0.364. The van der Waals surface area contributed by atoms with Crippen molar-refractivity contribution in [3.05, 3.63) is 47.4 Å². The van der Waals surface area contributed by atoms with E-state index in [2.05, 4.69) is 4.98 Å². The SMILES string of the molecule is Cc1cc(C(F)(F)F)cc(N2C(=O)CC[C@H]2C(=O)N(C)c2cccc(F)c2N(C)CC(=O)O)n1. The predicted molar refractivity (Wildman–Crippen MR) is 115 cm³/mol. The molecule has 1 fully saturated rings. The molecule has 1 aliphatic heterocycles. The van der Waals surface area contributed by atoms with Gasteiger partial charge < -0.3 is 14.9 Å². The van der Waals surface area contributed by atoms with Gasteiger partial charge in [0.25, 0.3) is 0 Å². The number of carboxylic acids is 1. The van der Waals surface area contributed by atoms with Crippen LogP contribution in [-0.2, 0) is 20.6 Å². The van der Waals surface area contributed by atoms with E-state index in [1.807, 2.05) is 0 Å². The molecule has 1 aliphatic rings. The number of benzene rings is 1. The monoisotopic (exact) mass is 482 g/mol. The van der Waals surface area contributed by atoms with Crippen molar-refractivity contribution in [2.75, 3.05) is 35.3 Å². The van der Waals surface area contributed by atoms with E-state index in [9.17, 15) is 31.9 Å². The molecule has 34 heavy (non-hydrogen) atoms. The molecule has 0 unspecified atom stereocenters. The summed E-state index contributed by atoms with van der Waals surface area (Å²) in [7, 11) is 2.66. The average molecular weight is 482 g/mol. The lowest BCUT2D eigenvalue weighted by molar-refractivity contribution is -0.138. The highest BCUT2D eigenvalue weighted by atomic mass is 19.4. The second kappa shape index (κ2) is 9.27. The van der Waals surface area contributed by atoms with Crippen LogP contribution in [0.1, 0.15) is 24.1 Å². The van der Waals surface area contributed by atoms with E-state index >= 15 is 0 Å². The zero-order chi connectivity index (χ0) is 25.4. The summed E-state index contributed by atoms with van der Waals surface area (Å²) in [5, 5.41) is 9.06. The molecule has 2 aromatic rings. The molecule has 0 aliphatic carbocycles. The second-order valence-corrected chi connectivity index (χ2v) is 7.93. The van der Waals surface area contributed by atoms with Crippen molar-refractivity contribution in [1.29, 1.82) is 0 Å². The Balaban J connectivity index is 1.99. The number of pyridine rings is 1. The van der Waals surface area contributed by atoms with Crippen molar-refractivity contribution in [2.24, 2.45) is 0 Å². The summed E-state index contributed by atoms with van der Waals surface area (Å²) in [5.74, 6) is -3.54. The first-order valence-corrected chi connectivity index (χ1v) is 10.2. The summed E-state index contributed by atoms with van der Waals surface area (Å²) in [5.41, 5.74) is -1.09. The summed E-state index contributed by atoms with van der Waals surface area (Å²) in [6.07, 6.45) is -4.74. The molecular weight excluding hydrogens is 460 g/mol. The summed E-state index contributed by atoms with van der Waals surface area (Å²) in [4.78, 5) is 44.2. The number of aliphatic carboxylic acids is 1. The van der Waals surface area contributed by atoms with Gasteiger partial charge in [0, 0.05) is 26.2 Å². The van der Waals surface area contributed by atoms with Gasteiger partial charge in [-0.05, 0) is 37.6 Å². The lowest BCUT2D eigenvalue weighted by atomic mass is 10.1. The molecule has 12 heteroatoms. The maximum Gasteiger partial charge on any atom is 0.416 e. The number of carboxylic acid groups (broad SMARTS) is 1. The van der Waals surface area contributed by atoms with Gasteiger partial charge >= 0.3 is 12.1 Å². The minimum absolute atomic E-state index is 0.0202. The first kappa shape index (κ1) is 24.9. The fourth-order valence-corrected chi connectivity index (χ4v) is 3.92. The number of rotatable bonds is 6. The average Bonchev–Trinajstić information content (AvgIpc) is 3.12. The van der Waals surface area contributed by atoms with Gasteiger partial charge in [-0.2, -0.15) is 13.2 Å². The summed E-state index contributed by atoms with van der Waals surface area (Å²) in [6, 6.07) is 4.23. The van der Waals surface area contributed by atoms with E-state index in [4.69, 9.17) is 5.11 Å². The van der Waals surface area contributed by atoms with Gasteiger partial charge in [-0.3, -0.25) is 19.3 Å². The summed E-state index contributed by atoms with van der Waals surface area (Å²) < 4.78 is 54.5. The van der Waals surface area contributed by atoms with Crippen LogP contribution in [0, 0.1) is 12.7 Å². The highest BCUT2D eigenvalue weighted by molar-refractivity contribution is 6.09. The van der Waals surface area contributed by atoms with Crippen molar-refractivity contribution in [1.82, 2.24) is 4.98 Å². The molecule has 3 rings (SSSR count). The van der Waals surface area contributed by atoms with Gasteiger partial charge in [0.05, 0.1) is 16.9 Å². The Morgan fingerprint density at radius 1 is 1.24 bits per heavy atom. The number of para-hydroxylation sites is 1. The van der Waals surface area contributed by atoms with Crippen LogP contribution in [0.5, 0.6) is 0 Å². The maximum atomic E-state index is 14.6. The number of aryl methyl sites for hydroxylation is 1. The van der Waals surface area contributed by atoms with E-state index in [0.717, 1.165) is 26.8 Å². The number of alkyl halides is 3. The quantitative estimate of drug-likeness (QED) is 0.636. The van der Waals surface area contributed by atoms with E-state index in [0.29, 0.717) is 6.07 Å². The van der Waals surface area contributed by atoms with Gasteiger partial charge in [-0.1, -0.05) is 6.07 Å². The molecule has 0 radical (unpaired) electrons. The van der Waals surface area contributed by atoms with Crippen LogP contribution < -0.4 is 14.7 Å². The van der Waals surface area contributed by atoms with E-state index < -0.39 is 47.9 Å². The van der Waals surface area contributed by atoms with Crippen LogP contribution in [0.2, 0.25) is 0 Å². The summed E-state index contributed by atoms with van der Waals surface area (Å²) >= 11 is 0. The molecule has 0 spiro atoms. The third-order valence-electron chi connectivity index (χ3n) is 5.42. The first-order valence-electron chi connectivity index (χ1n) is 10.2. The smallest absolute Gasteiger partial charge is 0.416 e. The van der Waals surface area contributed by atoms with Crippen LogP contribution in [-0.4, -0.2) is 54.6 Å². The molecule has 1 aromatic heterocycles. The fourth-order valence-electron chi connectivity index (χ4n) is 3.92. The number of aromatic nitrogens is 1. The van der Waals surface area contributed by atoms with Crippen LogP contribution >= 0.6 is 0 Å². The minimum Gasteiger partial charge on any atom is -0.480 e. The molecule has 2 amide bonds. The highest BCUT2D eigenvalue weighted by Gasteiger charge is 2.41. The summed E-state index contributed by atoms with van der Waals surface area (Å²) in [6.45, 7) is 0.803. The Labute approximate surface area is 192 Å². The van der Waals surface area contributed by atoms with E-state index in [1.54, 1.807) is 0 Å². The molecule has 182 valence electrons. The molecule has 0 saturated carbocycles. The van der Waals surface area contributed by atoms with Gasteiger partial charge in [0.2, 0.25) is 11.8 Å². The van der Waals surface area contributed by atoms with Gasteiger partial charge in [0.15, 0.2) is 0 Å². The predicted octanol–water partition coefficient (Wildman–Crippen LogP) is 3.23. The number of nitrogens with zero attached hydrogens (tertiary/aromatic N) is 4. The normalized spacial score (nSPS) is 16.0. The van der Waals surface area contributed by atoms with Crippen LogP contribution in [0.3, 0.4) is 0 Å². The Hall–Kier alpha value is -3.70. The Bertz CT molecular complexity index is 1140. The van der Waals surface area contributed by atoms with E-state index in [1.165, 1.54) is 33.2 Å². The van der Waals surface area contributed by atoms with Crippen molar-refractivity contribution >= 4 is 35.0 Å². The van der Waals surface area contributed by atoms with Crippen molar-refractivity contribution in [2.45, 2.75) is 32.0 Å². The second-order valence-electron chi connectivity index (χ2n) is 7.93. The third kappa shape index (κ3) is 4.95. The molecule has 1 N–H and O–H groups in total. The number of anilines is 3. The zero-order valence-electron chi connectivity index (χ0n) is 18.6. The zero-order valence-corrected chi connectivity index (χ0v) is 18.6. The Kier molecular flexibility index (Phi) is 6.80. The number of hydrogen-bond donors (Lipinski definition) is 1. The lowest BCUT2D eigenvalue weighted by Gasteiger charge is -2.30. The number of likely N-dealkylation sites (N-methyl/N-ethyl adjacent to an activating group) is 2. The third-order valence-corrected chi connectivity index (χ3v) is 5.42. The molecule has 1 aromatic carbocycles. The largest absolute Gasteiger partial charge is 0.480 e.